The Morgan fingerprint density at radius 3 is 2.47 bits per heavy atom. The van der Waals surface area contributed by atoms with Gasteiger partial charge in [-0.2, -0.15) is 18.2 Å². The molecule has 174 valence electrons. The van der Waals surface area contributed by atoms with Gasteiger partial charge in [0.2, 0.25) is 5.71 Å². The first kappa shape index (κ1) is 23.0. The minimum atomic E-state index is -4.52. The van der Waals surface area contributed by atoms with Crippen molar-refractivity contribution in [1.82, 2.24) is 10.3 Å². The number of hydrogen-bond donors (Lipinski definition) is 2. The molecule has 0 aliphatic heterocycles. The molecule has 1 amide bonds. The highest BCUT2D eigenvalue weighted by atomic mass is 19.4. The van der Waals surface area contributed by atoms with Gasteiger partial charge in [0, 0.05) is 23.7 Å². The Kier molecular flexibility index (Phi) is 6.06. The third-order valence-electron chi connectivity index (χ3n) is 5.03. The van der Waals surface area contributed by atoms with Crippen LogP contribution in [0.25, 0.3) is 33.6 Å². The number of hydrogen-bond acceptors (Lipinski definition) is 5. The van der Waals surface area contributed by atoms with E-state index in [1.165, 1.54) is 43.4 Å². The van der Waals surface area contributed by atoms with E-state index in [0.717, 1.165) is 0 Å². The largest absolute Gasteiger partial charge is 0.437 e. The second-order valence-electron chi connectivity index (χ2n) is 7.34. The van der Waals surface area contributed by atoms with Gasteiger partial charge in [0.15, 0.2) is 0 Å². The molecule has 0 unspecified atom stereocenters. The van der Waals surface area contributed by atoms with E-state index >= 15 is 0 Å². The van der Waals surface area contributed by atoms with Gasteiger partial charge >= 0.3 is 6.18 Å². The van der Waals surface area contributed by atoms with Crippen LogP contribution >= 0.6 is 0 Å². The van der Waals surface area contributed by atoms with Crippen molar-refractivity contribution in [2.75, 3.05) is 18.9 Å². The maximum Gasteiger partial charge on any atom is 0.405 e. The van der Waals surface area contributed by atoms with Crippen molar-refractivity contribution in [3.8, 4) is 22.5 Å². The summed E-state index contributed by atoms with van der Waals surface area (Å²) < 4.78 is 58.0. The Morgan fingerprint density at radius 1 is 1.09 bits per heavy atom. The summed E-state index contributed by atoms with van der Waals surface area (Å²) in [6.45, 7) is -1.36. The predicted molar refractivity (Wildman–Crippen MR) is 118 cm³/mol. The Morgan fingerprint density at radius 2 is 1.82 bits per heavy atom. The topological polar surface area (TPSA) is 84.2 Å². The lowest BCUT2D eigenvalue weighted by Gasteiger charge is -2.13. The first-order valence-electron chi connectivity index (χ1n) is 10.0. The van der Waals surface area contributed by atoms with E-state index in [0.29, 0.717) is 23.0 Å². The standard InChI is InChI=1S/C24H17F4N3O3/c1-29-22(33)19-18-10-17(15-4-2-3-13(9-15)11-32)21(30-12-24(26,27)28)31-23(18)34-20(19)14-5-7-16(25)8-6-14/h2-11H,12H2,1H3,(H,29,33)(H,30,31). The summed E-state index contributed by atoms with van der Waals surface area (Å²) in [6.07, 6.45) is -3.91. The summed E-state index contributed by atoms with van der Waals surface area (Å²) in [5.41, 5.74) is 1.34. The van der Waals surface area contributed by atoms with Crippen molar-refractivity contribution in [3.63, 3.8) is 0 Å². The second kappa shape index (κ2) is 8.97. The average molecular weight is 471 g/mol. The fourth-order valence-corrected chi connectivity index (χ4v) is 3.50. The highest BCUT2D eigenvalue weighted by Gasteiger charge is 2.29. The molecule has 4 aromatic rings. The van der Waals surface area contributed by atoms with Crippen molar-refractivity contribution >= 4 is 29.1 Å². The van der Waals surface area contributed by atoms with Crippen molar-refractivity contribution in [2.24, 2.45) is 0 Å². The summed E-state index contributed by atoms with van der Waals surface area (Å²) >= 11 is 0. The molecule has 34 heavy (non-hydrogen) atoms. The van der Waals surface area contributed by atoms with Crippen LogP contribution in [0.5, 0.6) is 0 Å². The molecule has 2 heterocycles. The quantitative estimate of drug-likeness (QED) is 0.289. The number of benzene rings is 2. The van der Waals surface area contributed by atoms with Gasteiger partial charge in [-0.25, -0.2) is 4.39 Å². The summed E-state index contributed by atoms with van der Waals surface area (Å²) in [4.78, 5) is 28.2. The van der Waals surface area contributed by atoms with Crippen LogP contribution in [0.1, 0.15) is 20.7 Å². The molecular weight excluding hydrogens is 454 g/mol. The van der Waals surface area contributed by atoms with Crippen molar-refractivity contribution in [2.45, 2.75) is 6.18 Å². The number of amides is 1. The number of carbonyl (C=O) groups is 2. The molecule has 10 heteroatoms. The first-order valence-corrected chi connectivity index (χ1v) is 10.0. The second-order valence-corrected chi connectivity index (χ2v) is 7.34. The van der Waals surface area contributed by atoms with Gasteiger partial charge in [0.1, 0.15) is 30.2 Å². The lowest BCUT2D eigenvalue weighted by Crippen LogP contribution is -2.22. The van der Waals surface area contributed by atoms with E-state index in [1.54, 1.807) is 18.2 Å². The molecule has 6 nitrogen and oxygen atoms in total. The zero-order chi connectivity index (χ0) is 24.5. The molecule has 2 aromatic heterocycles. The molecule has 0 aliphatic rings. The zero-order valence-corrected chi connectivity index (χ0v) is 17.7. The number of alkyl halides is 3. The zero-order valence-electron chi connectivity index (χ0n) is 17.7. The van der Waals surface area contributed by atoms with Gasteiger partial charge in [0.25, 0.3) is 5.91 Å². The van der Waals surface area contributed by atoms with Crippen LogP contribution in [0, 0.1) is 5.82 Å². The molecule has 0 fully saturated rings. The summed E-state index contributed by atoms with van der Waals surface area (Å²) in [5.74, 6) is -1.07. The van der Waals surface area contributed by atoms with E-state index in [9.17, 15) is 27.2 Å². The molecule has 0 saturated carbocycles. The molecule has 0 aliphatic carbocycles. The molecule has 4 rings (SSSR count). The number of halogens is 4. The van der Waals surface area contributed by atoms with Crippen LogP contribution < -0.4 is 10.6 Å². The Balaban J connectivity index is 1.98. The molecule has 0 radical (unpaired) electrons. The molecule has 2 N–H and O–H groups in total. The SMILES string of the molecule is CNC(=O)c1c(-c2ccc(F)cc2)oc2nc(NCC(F)(F)F)c(-c3cccc(C=O)c3)cc12. The fourth-order valence-electron chi connectivity index (χ4n) is 3.50. The summed E-state index contributed by atoms with van der Waals surface area (Å²) in [5, 5.41) is 5.01. The Hall–Kier alpha value is -4.21. The molecular formula is C24H17F4N3O3. The number of nitrogens with zero attached hydrogens (tertiary/aromatic N) is 1. The van der Waals surface area contributed by atoms with Gasteiger partial charge in [-0.1, -0.05) is 18.2 Å². The van der Waals surface area contributed by atoms with Crippen molar-refractivity contribution in [1.29, 1.82) is 0 Å². The van der Waals surface area contributed by atoms with Crippen molar-refractivity contribution in [3.05, 3.63) is 71.5 Å². The van der Waals surface area contributed by atoms with Gasteiger partial charge in [0.05, 0.1) is 10.9 Å². The highest BCUT2D eigenvalue weighted by molar-refractivity contribution is 6.11. The minimum Gasteiger partial charge on any atom is -0.437 e. The number of aldehydes is 1. The number of furan rings is 1. The number of carbonyl (C=O) groups excluding carboxylic acids is 2. The minimum absolute atomic E-state index is 0.0853. The van der Waals surface area contributed by atoms with Gasteiger partial charge in [-0.05, 0) is 42.0 Å². The number of nitrogens with one attached hydrogen (secondary N) is 2. The van der Waals surface area contributed by atoms with E-state index in [-0.39, 0.29) is 33.8 Å². The maximum absolute atomic E-state index is 13.4. The first-order chi connectivity index (χ1) is 16.2. The van der Waals surface area contributed by atoms with E-state index < -0.39 is 24.4 Å². The number of aromatic nitrogens is 1. The molecule has 0 saturated heterocycles. The summed E-state index contributed by atoms with van der Waals surface area (Å²) in [7, 11) is 1.41. The lowest BCUT2D eigenvalue weighted by atomic mass is 10.0. The van der Waals surface area contributed by atoms with Crippen LogP contribution in [0.3, 0.4) is 0 Å². The lowest BCUT2D eigenvalue weighted by molar-refractivity contribution is -0.115. The molecule has 2 aromatic carbocycles. The van der Waals surface area contributed by atoms with Gasteiger partial charge < -0.3 is 15.1 Å². The third-order valence-corrected chi connectivity index (χ3v) is 5.03. The van der Waals surface area contributed by atoms with E-state index in [2.05, 4.69) is 15.6 Å². The van der Waals surface area contributed by atoms with Gasteiger partial charge in [-0.15, -0.1) is 0 Å². The maximum atomic E-state index is 13.4. The monoisotopic (exact) mass is 471 g/mol. The van der Waals surface area contributed by atoms with Crippen LogP contribution in [0.2, 0.25) is 0 Å². The van der Waals surface area contributed by atoms with Crippen LogP contribution in [0.4, 0.5) is 23.4 Å². The predicted octanol–water partition coefficient (Wildman–Crippen LogP) is 5.45. The van der Waals surface area contributed by atoms with Crippen molar-refractivity contribution < 1.29 is 31.6 Å². The van der Waals surface area contributed by atoms with E-state index in [1.807, 2.05) is 0 Å². The van der Waals surface area contributed by atoms with Crippen LogP contribution in [-0.4, -0.2) is 36.9 Å². The smallest absolute Gasteiger partial charge is 0.405 e. The molecule has 0 atom stereocenters. The normalized spacial score (nSPS) is 11.4. The molecule has 0 spiro atoms. The van der Waals surface area contributed by atoms with Crippen LogP contribution in [-0.2, 0) is 0 Å². The number of rotatable bonds is 6. The van der Waals surface area contributed by atoms with Crippen LogP contribution in [0.15, 0.2) is 59.0 Å². The number of pyridine rings is 1. The third kappa shape index (κ3) is 4.61. The number of anilines is 1. The fraction of sp³-hybridized carbons (Fsp3) is 0.125. The average Bonchev–Trinajstić information content (AvgIpc) is 3.20. The Labute approximate surface area is 190 Å². The Bertz CT molecular complexity index is 1380. The van der Waals surface area contributed by atoms with Gasteiger partial charge in [-0.3, -0.25) is 9.59 Å². The van der Waals surface area contributed by atoms with E-state index in [4.69, 9.17) is 4.42 Å². The molecule has 0 bridgehead atoms. The summed E-state index contributed by atoms with van der Waals surface area (Å²) in [6, 6.07) is 12.9. The number of fused-ring (bicyclic) bond motifs is 1. The highest BCUT2D eigenvalue weighted by Crippen LogP contribution is 2.38.